The second-order valence-corrected chi connectivity index (χ2v) is 8.25. The summed E-state index contributed by atoms with van der Waals surface area (Å²) in [6.45, 7) is 1.81. The average Bonchev–Trinajstić information content (AvgIpc) is 3.05. The van der Waals surface area contributed by atoms with Gasteiger partial charge in [0, 0.05) is 0 Å². The number of hydrogen-bond donors (Lipinski definition) is 0. The highest BCUT2D eigenvalue weighted by Gasteiger charge is 2.41. The third-order valence-corrected chi connectivity index (χ3v) is 6.23. The van der Waals surface area contributed by atoms with Crippen molar-refractivity contribution < 1.29 is 26.3 Å². The Balaban J connectivity index is 2.01. The number of alkyl halides is 3. The largest absolute Gasteiger partial charge is 0.472 e. The van der Waals surface area contributed by atoms with Crippen molar-refractivity contribution >= 4 is 27.8 Å². The molecule has 9 heteroatoms. The molecule has 0 fully saturated rings. The fourth-order valence-corrected chi connectivity index (χ4v) is 4.37. The van der Waals surface area contributed by atoms with Gasteiger partial charge in [0.25, 0.3) is 0 Å². The minimum Gasteiger partial charge on any atom is -0.472 e. The standard InChI is InChI=1S/C17H13ClF3NO3S/c1-10-2-5-12(6-3-10)26(23,24)16-15(25-9-22-16)11-4-7-14(18)13(8-11)17(19,20)21/h2-9,15-16H,1H3/t15-,16-/m1/s1. The number of hydrogen-bond acceptors (Lipinski definition) is 4. The van der Waals surface area contributed by atoms with Crippen LogP contribution in [0.5, 0.6) is 0 Å². The predicted molar refractivity (Wildman–Crippen MR) is 90.9 cm³/mol. The van der Waals surface area contributed by atoms with Crippen molar-refractivity contribution in [3.05, 3.63) is 64.2 Å². The number of nitrogens with zero attached hydrogens (tertiary/aromatic N) is 1. The van der Waals surface area contributed by atoms with Crippen LogP contribution in [0.2, 0.25) is 5.02 Å². The highest BCUT2D eigenvalue weighted by Crippen LogP contribution is 2.39. The maximum Gasteiger partial charge on any atom is 0.417 e. The molecule has 0 radical (unpaired) electrons. The summed E-state index contributed by atoms with van der Waals surface area (Å²) < 4.78 is 70.1. The number of sulfone groups is 1. The fraction of sp³-hybridized carbons (Fsp3) is 0.235. The summed E-state index contributed by atoms with van der Waals surface area (Å²) in [6, 6.07) is 9.28. The highest BCUT2D eigenvalue weighted by atomic mass is 35.5. The normalized spacial score (nSPS) is 20.2. The summed E-state index contributed by atoms with van der Waals surface area (Å²) in [5.41, 5.74) is -0.155. The second-order valence-electron chi connectivity index (χ2n) is 5.80. The first-order valence-corrected chi connectivity index (χ1v) is 9.37. The van der Waals surface area contributed by atoms with E-state index in [9.17, 15) is 21.6 Å². The predicted octanol–water partition coefficient (Wildman–Crippen LogP) is 4.57. The van der Waals surface area contributed by atoms with Crippen molar-refractivity contribution in [1.29, 1.82) is 0 Å². The fourth-order valence-electron chi connectivity index (χ4n) is 2.60. The molecule has 26 heavy (non-hydrogen) atoms. The molecular weight excluding hydrogens is 391 g/mol. The third-order valence-electron chi connectivity index (χ3n) is 3.97. The molecule has 0 aliphatic carbocycles. The van der Waals surface area contributed by atoms with E-state index < -0.39 is 38.1 Å². The number of aryl methyl sites for hydroxylation is 1. The maximum atomic E-state index is 13.1. The SMILES string of the molecule is Cc1ccc(S(=O)(=O)[C@H]2N=CO[C@@H]2c2ccc(Cl)c(C(F)(F)F)c2)cc1. The molecule has 0 spiro atoms. The first-order chi connectivity index (χ1) is 12.1. The lowest BCUT2D eigenvalue weighted by Crippen LogP contribution is -2.25. The molecule has 2 atom stereocenters. The van der Waals surface area contributed by atoms with E-state index in [0.717, 1.165) is 24.1 Å². The van der Waals surface area contributed by atoms with Gasteiger partial charge in [-0.15, -0.1) is 0 Å². The molecule has 0 aromatic heterocycles. The molecule has 0 bridgehead atoms. The lowest BCUT2D eigenvalue weighted by atomic mass is 10.1. The lowest BCUT2D eigenvalue weighted by Gasteiger charge is -2.19. The molecule has 2 aromatic carbocycles. The Morgan fingerprint density at radius 2 is 1.77 bits per heavy atom. The number of aliphatic imine (C=N–C) groups is 1. The van der Waals surface area contributed by atoms with Gasteiger partial charge in [0.1, 0.15) is 0 Å². The van der Waals surface area contributed by atoms with E-state index in [2.05, 4.69) is 4.99 Å². The van der Waals surface area contributed by atoms with E-state index in [1.54, 1.807) is 12.1 Å². The number of ether oxygens (including phenoxy) is 1. The van der Waals surface area contributed by atoms with E-state index in [1.165, 1.54) is 18.2 Å². The molecule has 4 nitrogen and oxygen atoms in total. The molecule has 3 rings (SSSR count). The Morgan fingerprint density at radius 1 is 1.12 bits per heavy atom. The molecule has 138 valence electrons. The van der Waals surface area contributed by atoms with E-state index in [1.807, 2.05) is 6.92 Å². The van der Waals surface area contributed by atoms with Gasteiger partial charge in [-0.3, -0.25) is 0 Å². The molecule has 0 saturated heterocycles. The lowest BCUT2D eigenvalue weighted by molar-refractivity contribution is -0.137. The van der Waals surface area contributed by atoms with Crippen molar-refractivity contribution in [3.63, 3.8) is 0 Å². The van der Waals surface area contributed by atoms with Crippen LogP contribution in [0.25, 0.3) is 0 Å². The van der Waals surface area contributed by atoms with Crippen LogP contribution in [0.15, 0.2) is 52.4 Å². The molecule has 2 aromatic rings. The van der Waals surface area contributed by atoms with Gasteiger partial charge in [-0.1, -0.05) is 35.4 Å². The van der Waals surface area contributed by atoms with Gasteiger partial charge in [-0.2, -0.15) is 13.2 Å². The van der Waals surface area contributed by atoms with Crippen molar-refractivity contribution in [2.24, 2.45) is 4.99 Å². The van der Waals surface area contributed by atoms with Crippen molar-refractivity contribution in [2.45, 2.75) is 29.5 Å². The Morgan fingerprint density at radius 3 is 2.38 bits per heavy atom. The van der Waals surface area contributed by atoms with Crippen LogP contribution in [0.4, 0.5) is 13.2 Å². The van der Waals surface area contributed by atoms with E-state index in [0.29, 0.717) is 0 Å². The van der Waals surface area contributed by atoms with Crippen LogP contribution >= 0.6 is 11.6 Å². The first-order valence-electron chi connectivity index (χ1n) is 7.45. The van der Waals surface area contributed by atoms with Crippen LogP contribution in [-0.4, -0.2) is 20.2 Å². The maximum absolute atomic E-state index is 13.1. The Bertz CT molecular complexity index is 956. The monoisotopic (exact) mass is 403 g/mol. The van der Waals surface area contributed by atoms with Crippen LogP contribution in [0.1, 0.15) is 22.8 Å². The van der Waals surface area contributed by atoms with Crippen LogP contribution in [0.3, 0.4) is 0 Å². The molecule has 0 saturated carbocycles. The van der Waals surface area contributed by atoms with E-state index in [4.69, 9.17) is 16.3 Å². The number of benzene rings is 2. The zero-order chi connectivity index (χ0) is 19.1. The first kappa shape index (κ1) is 18.7. The average molecular weight is 404 g/mol. The Kier molecular flexibility index (Phi) is 4.74. The van der Waals surface area contributed by atoms with Crippen LogP contribution in [0, 0.1) is 6.92 Å². The zero-order valence-electron chi connectivity index (χ0n) is 13.4. The topological polar surface area (TPSA) is 55.7 Å². The van der Waals surface area contributed by atoms with Gasteiger partial charge in [0.15, 0.2) is 17.9 Å². The number of halogens is 4. The number of rotatable bonds is 3. The van der Waals surface area contributed by atoms with Gasteiger partial charge in [-0.05, 0) is 36.8 Å². The minimum atomic E-state index is -4.67. The van der Waals surface area contributed by atoms with Gasteiger partial charge in [0.05, 0.1) is 15.5 Å². The molecular formula is C17H13ClF3NO3S. The minimum absolute atomic E-state index is 0.0192. The molecule has 1 heterocycles. The van der Waals surface area contributed by atoms with Gasteiger partial charge in [-0.25, -0.2) is 13.4 Å². The second kappa shape index (κ2) is 6.59. The summed E-state index contributed by atoms with van der Waals surface area (Å²) in [6.07, 6.45) is -4.92. The Labute approximate surface area is 153 Å². The zero-order valence-corrected chi connectivity index (χ0v) is 14.9. The van der Waals surface area contributed by atoms with Crippen molar-refractivity contribution in [2.75, 3.05) is 0 Å². The summed E-state index contributed by atoms with van der Waals surface area (Å²) in [7, 11) is -3.95. The molecule has 1 aliphatic heterocycles. The van der Waals surface area contributed by atoms with Gasteiger partial charge in [0.2, 0.25) is 9.84 Å². The Hall–Kier alpha value is -2.06. The molecule has 0 N–H and O–H groups in total. The van der Waals surface area contributed by atoms with Gasteiger partial charge < -0.3 is 4.74 Å². The van der Waals surface area contributed by atoms with E-state index in [-0.39, 0.29) is 10.5 Å². The molecule has 1 aliphatic rings. The summed E-state index contributed by atoms with van der Waals surface area (Å²) >= 11 is 5.61. The van der Waals surface area contributed by atoms with Crippen molar-refractivity contribution in [3.8, 4) is 0 Å². The van der Waals surface area contributed by atoms with Gasteiger partial charge >= 0.3 is 6.18 Å². The molecule has 0 unspecified atom stereocenters. The molecule has 0 amide bonds. The summed E-state index contributed by atoms with van der Waals surface area (Å²) in [5, 5.41) is -1.86. The van der Waals surface area contributed by atoms with Crippen LogP contribution < -0.4 is 0 Å². The van der Waals surface area contributed by atoms with Crippen molar-refractivity contribution in [1.82, 2.24) is 0 Å². The highest BCUT2D eigenvalue weighted by molar-refractivity contribution is 7.92. The van der Waals surface area contributed by atoms with Crippen LogP contribution in [-0.2, 0) is 20.8 Å². The summed E-state index contributed by atoms with van der Waals surface area (Å²) in [4.78, 5) is 3.85. The quantitative estimate of drug-likeness (QED) is 0.754. The smallest absolute Gasteiger partial charge is 0.417 e. The van der Waals surface area contributed by atoms with E-state index >= 15 is 0 Å². The summed E-state index contributed by atoms with van der Waals surface area (Å²) in [5.74, 6) is 0. The third kappa shape index (κ3) is 3.43.